The van der Waals surface area contributed by atoms with Gasteiger partial charge in [-0.1, -0.05) is 212 Å². The molecular formula is C72H43B2N3S. The number of benzene rings is 12. The van der Waals surface area contributed by atoms with Gasteiger partial charge in [0.2, 0.25) is 0 Å². The van der Waals surface area contributed by atoms with Gasteiger partial charge in [-0.3, -0.25) is 0 Å². The van der Waals surface area contributed by atoms with E-state index < -0.39 is 0 Å². The molecule has 4 aliphatic heterocycles. The summed E-state index contributed by atoms with van der Waals surface area (Å²) in [5.74, 6) is 0. The first-order valence-electron chi connectivity index (χ1n) is 27.1. The van der Waals surface area contributed by atoms with Crippen LogP contribution >= 0.6 is 11.3 Å². The van der Waals surface area contributed by atoms with E-state index in [0.29, 0.717) is 0 Å². The summed E-state index contributed by atoms with van der Waals surface area (Å²) < 4.78 is 5.35. The van der Waals surface area contributed by atoms with Crippen LogP contribution in [0.3, 0.4) is 0 Å². The lowest BCUT2D eigenvalue weighted by molar-refractivity contribution is 1.17. The molecule has 6 heterocycles. The first-order chi connectivity index (χ1) is 38.7. The average Bonchev–Trinajstić information content (AvgIpc) is 2.56. The number of rotatable bonds is 5. The Kier molecular flexibility index (Phi) is 8.72. The number of hydrogen-bond acceptors (Lipinski definition) is 3. The van der Waals surface area contributed by atoms with Crippen LogP contribution in [0.15, 0.2) is 261 Å². The van der Waals surface area contributed by atoms with Crippen LogP contribution in [0.4, 0.5) is 34.1 Å². The molecule has 0 saturated carbocycles. The van der Waals surface area contributed by atoms with E-state index in [1.807, 2.05) is 11.3 Å². The lowest BCUT2D eigenvalue weighted by Crippen LogP contribution is -2.68. The second-order valence-corrected chi connectivity index (χ2v) is 22.5. The van der Waals surface area contributed by atoms with Gasteiger partial charge in [0.1, 0.15) is 0 Å². The summed E-state index contributed by atoms with van der Waals surface area (Å²) in [6.45, 7) is -0.162. The monoisotopic (exact) mass is 1000 g/mol. The van der Waals surface area contributed by atoms with Gasteiger partial charge in [0.15, 0.2) is 0 Å². The van der Waals surface area contributed by atoms with Crippen molar-refractivity contribution >= 4 is 134 Å². The van der Waals surface area contributed by atoms with Crippen molar-refractivity contribution in [3.63, 3.8) is 0 Å². The van der Waals surface area contributed by atoms with Gasteiger partial charge in [-0.15, -0.1) is 11.3 Å². The summed E-state index contributed by atoms with van der Waals surface area (Å²) in [7, 11) is 0. The average molecular weight is 1000 g/mol. The van der Waals surface area contributed by atoms with E-state index >= 15 is 0 Å². The van der Waals surface area contributed by atoms with Crippen LogP contribution in [0.2, 0.25) is 0 Å². The molecule has 78 heavy (non-hydrogen) atoms. The Morgan fingerprint density at radius 2 is 0.756 bits per heavy atom. The summed E-state index contributed by atoms with van der Waals surface area (Å²) in [5, 5.41) is 5.30. The molecule has 6 heteroatoms. The minimum Gasteiger partial charge on any atom is -0.312 e. The number of thiophene rings is 1. The van der Waals surface area contributed by atoms with Gasteiger partial charge in [-0.05, 0) is 126 Å². The minimum atomic E-state index is -0.0920. The van der Waals surface area contributed by atoms with Crippen molar-refractivity contribution in [2.24, 2.45) is 0 Å². The maximum absolute atomic E-state index is 2.69. The highest BCUT2D eigenvalue weighted by Crippen LogP contribution is 2.51. The Hall–Kier alpha value is -9.61. The quantitative estimate of drug-likeness (QED) is 0.159. The molecule has 0 spiro atoms. The normalized spacial score (nSPS) is 13.3. The second-order valence-electron chi connectivity index (χ2n) is 21.5. The number of nitrogens with zero attached hydrogens (tertiary/aromatic N) is 3. The molecule has 0 radical (unpaired) electrons. The molecule has 0 amide bonds. The van der Waals surface area contributed by atoms with Crippen LogP contribution in [-0.4, -0.2) is 18.0 Å². The fraction of sp³-hybridized carbons (Fsp3) is 0. The predicted octanol–water partition coefficient (Wildman–Crippen LogP) is 15.0. The van der Waals surface area contributed by atoms with Crippen molar-refractivity contribution < 1.29 is 0 Å². The fourth-order valence-electron chi connectivity index (χ4n) is 14.3. The third kappa shape index (κ3) is 5.79. The summed E-state index contributed by atoms with van der Waals surface area (Å²) in [5.41, 5.74) is 28.8. The first-order valence-corrected chi connectivity index (χ1v) is 28.0. The van der Waals surface area contributed by atoms with Crippen molar-refractivity contribution in [3.8, 4) is 50.2 Å². The molecule has 0 saturated heterocycles. The summed E-state index contributed by atoms with van der Waals surface area (Å²) >= 11 is 1.94. The minimum absolute atomic E-state index is 0.0703. The highest BCUT2D eigenvalue weighted by molar-refractivity contribution is 7.27. The largest absolute Gasteiger partial charge is 0.312 e. The molecule has 0 fully saturated rings. The zero-order chi connectivity index (χ0) is 50.7. The van der Waals surface area contributed by atoms with E-state index in [-0.39, 0.29) is 13.4 Å². The molecule has 3 nitrogen and oxygen atoms in total. The lowest BCUT2D eigenvalue weighted by atomic mass is 9.29. The zero-order valence-corrected chi connectivity index (χ0v) is 43.0. The van der Waals surface area contributed by atoms with Gasteiger partial charge in [-0.25, -0.2) is 0 Å². The van der Waals surface area contributed by atoms with E-state index in [9.17, 15) is 0 Å². The molecule has 18 rings (SSSR count). The van der Waals surface area contributed by atoms with Crippen molar-refractivity contribution in [2.45, 2.75) is 0 Å². The number of para-hydroxylation sites is 1. The van der Waals surface area contributed by atoms with E-state index in [1.54, 1.807) is 0 Å². The van der Waals surface area contributed by atoms with E-state index in [1.165, 1.54) is 153 Å². The second kappa shape index (κ2) is 16.0. The Labute approximate surface area is 456 Å². The molecule has 2 aromatic heterocycles. The lowest BCUT2D eigenvalue weighted by Gasteiger charge is -2.49. The number of fused-ring (bicyclic) bond motifs is 17. The highest BCUT2D eigenvalue weighted by Gasteiger charge is 2.51. The molecule has 14 aromatic rings. The molecule has 0 atom stereocenters. The number of aromatic nitrogens is 1. The molecule has 0 unspecified atom stereocenters. The van der Waals surface area contributed by atoms with Crippen molar-refractivity contribution in [3.05, 3.63) is 261 Å². The van der Waals surface area contributed by atoms with E-state index in [0.717, 1.165) is 5.69 Å². The molecule has 0 bridgehead atoms. The van der Waals surface area contributed by atoms with Crippen LogP contribution in [0.5, 0.6) is 0 Å². The number of hydrogen-bond donors (Lipinski definition) is 0. The maximum Gasteiger partial charge on any atom is 0.252 e. The van der Waals surface area contributed by atoms with Crippen LogP contribution in [0, 0.1) is 0 Å². The highest BCUT2D eigenvalue weighted by atomic mass is 32.1. The maximum atomic E-state index is 2.69. The molecule has 12 aromatic carbocycles. The third-order valence-electron chi connectivity index (χ3n) is 17.5. The molecule has 4 aliphatic rings. The topological polar surface area (TPSA) is 11.4 Å². The van der Waals surface area contributed by atoms with E-state index in [4.69, 9.17) is 0 Å². The SMILES string of the molecule is c1ccc(-c2ccc(N3c4ccc(-c5ccccc5)cc4B4c5cc(-c6ccccc6)ccc5N5c6ccc(-c7ccccc7)cc6B6c7c(cc3c4c75)-n3c4ccccc4c4c5sc7ccccc7c5cc6c43)cc2)cc1. The first kappa shape index (κ1) is 42.6. The predicted molar refractivity (Wildman–Crippen MR) is 334 cm³/mol. The Balaban J connectivity index is 1.02. The van der Waals surface area contributed by atoms with Crippen LogP contribution in [0.25, 0.3) is 92.2 Å². The van der Waals surface area contributed by atoms with Crippen molar-refractivity contribution in [1.82, 2.24) is 4.57 Å². The number of anilines is 6. The van der Waals surface area contributed by atoms with Crippen LogP contribution in [-0.2, 0) is 0 Å². The van der Waals surface area contributed by atoms with Gasteiger partial charge in [0.05, 0.1) is 11.0 Å². The molecule has 0 aliphatic carbocycles. The molecular weight excluding hydrogens is 961 g/mol. The molecule has 358 valence electrons. The van der Waals surface area contributed by atoms with Crippen molar-refractivity contribution in [2.75, 3.05) is 9.80 Å². The van der Waals surface area contributed by atoms with E-state index in [2.05, 4.69) is 275 Å². The Morgan fingerprint density at radius 1 is 0.308 bits per heavy atom. The Morgan fingerprint density at radius 3 is 1.33 bits per heavy atom. The third-order valence-corrected chi connectivity index (χ3v) is 18.7. The van der Waals surface area contributed by atoms with Gasteiger partial charge < -0.3 is 14.4 Å². The fourth-order valence-corrected chi connectivity index (χ4v) is 15.5. The van der Waals surface area contributed by atoms with Gasteiger partial charge in [0.25, 0.3) is 13.4 Å². The summed E-state index contributed by atoms with van der Waals surface area (Å²) in [6, 6.07) is 98.3. The van der Waals surface area contributed by atoms with Gasteiger partial charge in [-0.2, -0.15) is 0 Å². The molecule has 0 N–H and O–H groups in total. The zero-order valence-electron chi connectivity index (χ0n) is 42.2. The summed E-state index contributed by atoms with van der Waals surface area (Å²) in [6.07, 6.45) is 0. The van der Waals surface area contributed by atoms with Crippen molar-refractivity contribution in [1.29, 1.82) is 0 Å². The smallest absolute Gasteiger partial charge is 0.252 e. The summed E-state index contributed by atoms with van der Waals surface area (Å²) in [4.78, 5) is 5.29. The van der Waals surface area contributed by atoms with Gasteiger partial charge >= 0.3 is 0 Å². The Bertz CT molecular complexity index is 4810. The van der Waals surface area contributed by atoms with Crippen LogP contribution < -0.4 is 42.6 Å². The van der Waals surface area contributed by atoms with Crippen LogP contribution in [0.1, 0.15) is 0 Å². The standard InChI is InChI=1S/C72H43B2N3S/c1-5-17-44(18-6-1)48-29-34-52(35-30-48)75-61-36-31-49(45-19-7-2-8-20-45)39-56(61)73-57-40-50(46-21-9-3-10-22-46)32-37-62(57)77-63-38-33-51(47-23-11-4-12-24-47)41-58(63)74-59-42-55-53-25-14-16-28-66(53)78-72(55)67-54-26-13-15-27-60(54)76(70(59)67)65-43-64(75)68(73)71(77)69(65)74/h1-43H. The van der Waals surface area contributed by atoms with Gasteiger partial charge in [0, 0.05) is 70.8 Å².